The first-order chi connectivity index (χ1) is 5.50. The Morgan fingerprint density at radius 2 is 1.21 bits per heavy atom. The van der Waals surface area contributed by atoms with Crippen molar-refractivity contribution in [2.24, 2.45) is 0 Å². The third-order valence-electron chi connectivity index (χ3n) is 1.16. The predicted octanol–water partition coefficient (Wildman–Crippen LogP) is -3.10. The molecule has 0 saturated carbocycles. The van der Waals surface area contributed by atoms with Crippen LogP contribution in [0.15, 0.2) is 60.7 Å². The Morgan fingerprint density at radius 1 is 0.714 bits per heavy atom. The molecule has 0 fully saturated rings. The molecule has 14 heavy (non-hydrogen) atoms. The number of halogens is 2. The van der Waals surface area contributed by atoms with E-state index < -0.39 is 0 Å². The van der Waals surface area contributed by atoms with E-state index >= 15 is 0 Å². The smallest absolute Gasteiger partial charge is 1.00 e. The summed E-state index contributed by atoms with van der Waals surface area (Å²) in [6.45, 7) is 0. The Bertz CT molecular complexity index is 199. The maximum atomic E-state index is 2.89. The van der Waals surface area contributed by atoms with E-state index in [0.29, 0.717) is 0 Å². The van der Waals surface area contributed by atoms with Gasteiger partial charge >= 0.3 is 21.7 Å². The molecule has 0 aromatic heterocycles. The second-order valence-corrected chi connectivity index (χ2v) is 2.04. The molecule has 0 nitrogen and oxygen atoms in total. The molecule has 0 heterocycles. The largest absolute Gasteiger partial charge is 4.00 e. The van der Waals surface area contributed by atoms with Gasteiger partial charge in [0.2, 0.25) is 0 Å². The van der Waals surface area contributed by atoms with Crippen LogP contribution in [-0.4, -0.2) is 0 Å². The van der Waals surface area contributed by atoms with Crippen LogP contribution in [0.1, 0.15) is 0 Å². The van der Waals surface area contributed by atoms with Gasteiger partial charge in [-0.2, -0.15) is 54.6 Å². The fraction of sp³-hybridized carbons (Fsp3) is 0. The summed E-state index contributed by atoms with van der Waals surface area (Å²) in [4.78, 5) is 0. The molecule has 72 valence electrons. The van der Waals surface area contributed by atoms with E-state index in [2.05, 4.69) is 6.07 Å². The van der Waals surface area contributed by atoms with Crippen LogP contribution in [0.5, 0.6) is 0 Å². The Hall–Kier alpha value is -0.136. The molecule has 0 aliphatic carbocycles. The van der Waals surface area contributed by atoms with Crippen LogP contribution in [0.2, 0.25) is 0 Å². The molecule has 2 aromatic rings. The summed E-state index contributed by atoms with van der Waals surface area (Å²) in [6.07, 6.45) is 0. The third-order valence-corrected chi connectivity index (χ3v) is 1.16. The van der Waals surface area contributed by atoms with Gasteiger partial charge in [0.25, 0.3) is 0 Å². The second kappa shape index (κ2) is 15.3. The first-order valence-corrected chi connectivity index (χ1v) is 3.58. The van der Waals surface area contributed by atoms with Gasteiger partial charge < -0.3 is 24.8 Å². The van der Waals surface area contributed by atoms with Crippen LogP contribution >= 0.6 is 0 Å². The maximum absolute atomic E-state index is 2.89. The van der Waals surface area contributed by atoms with Crippen LogP contribution in [0.25, 0.3) is 0 Å². The minimum Gasteiger partial charge on any atom is -1.00 e. The van der Waals surface area contributed by atoms with Crippen LogP contribution in [-0.2, 0) is 21.7 Å². The molecule has 0 aliphatic rings. The Morgan fingerprint density at radius 3 is 1.36 bits per heavy atom. The number of hydrogen-bond donors (Lipinski definition) is 0. The fourth-order valence-electron chi connectivity index (χ4n) is 0.663. The van der Waals surface area contributed by atoms with Gasteiger partial charge in [-0.05, 0) is 0 Å². The van der Waals surface area contributed by atoms with E-state index in [0.717, 1.165) is 0 Å². The first-order valence-electron chi connectivity index (χ1n) is 3.58. The van der Waals surface area contributed by atoms with Crippen molar-refractivity contribution in [2.75, 3.05) is 0 Å². The number of hydrogen-bond acceptors (Lipinski definition) is 0. The summed E-state index contributed by atoms with van der Waals surface area (Å²) in [5.74, 6) is 0. The topological polar surface area (TPSA) is 0 Å². The van der Waals surface area contributed by atoms with Gasteiger partial charge in [0.05, 0.1) is 0 Å². The summed E-state index contributed by atoms with van der Waals surface area (Å²) in [7, 11) is 0. The van der Waals surface area contributed by atoms with Crippen molar-refractivity contribution in [1.82, 2.24) is 0 Å². The summed E-state index contributed by atoms with van der Waals surface area (Å²) in [5.41, 5.74) is 0. The Labute approximate surface area is 113 Å². The van der Waals surface area contributed by atoms with E-state index in [1.165, 1.54) is 0 Å². The predicted molar refractivity (Wildman–Crippen MR) is 47.3 cm³/mol. The normalized spacial score (nSPS) is 6.29. The van der Waals surface area contributed by atoms with Gasteiger partial charge in [0.1, 0.15) is 0 Å². The molecule has 0 spiro atoms. The molecule has 0 N–H and O–H groups in total. The second-order valence-electron chi connectivity index (χ2n) is 2.04. The van der Waals surface area contributed by atoms with E-state index in [9.17, 15) is 0 Å². The summed E-state index contributed by atoms with van der Waals surface area (Å²) < 4.78 is 0. The van der Waals surface area contributed by atoms with E-state index in [1.807, 2.05) is 60.7 Å². The van der Waals surface area contributed by atoms with Gasteiger partial charge in [0, 0.05) is 0 Å². The average molecular weight is 261 g/mol. The third kappa shape index (κ3) is 11.9. The minimum absolute atomic E-state index is 0. The van der Waals surface area contributed by atoms with Crippen molar-refractivity contribution < 1.29 is 46.5 Å². The molecule has 0 saturated heterocycles. The molecule has 3 heteroatoms. The van der Waals surface area contributed by atoms with Crippen LogP contribution in [0.3, 0.4) is 0 Å². The van der Waals surface area contributed by atoms with E-state index in [4.69, 9.17) is 0 Å². The quantitative estimate of drug-likeness (QED) is 0.348. The molecular formula is C11H10Cl2Ti. The van der Waals surface area contributed by atoms with Crippen molar-refractivity contribution in [3.63, 3.8) is 0 Å². The molecular weight excluding hydrogens is 251 g/mol. The average Bonchev–Trinajstić information content (AvgIpc) is 2.64. The van der Waals surface area contributed by atoms with Crippen LogP contribution < -0.4 is 24.8 Å². The SMILES string of the molecule is [Cl-].[Cl-].[Ti+4].[c-]1ccccc1.c1cc[cH-]c1. The van der Waals surface area contributed by atoms with E-state index in [1.54, 1.807) is 0 Å². The van der Waals surface area contributed by atoms with Crippen LogP contribution in [0.4, 0.5) is 0 Å². The zero-order chi connectivity index (χ0) is 7.78. The van der Waals surface area contributed by atoms with Crippen LogP contribution in [0, 0.1) is 6.07 Å². The molecule has 0 atom stereocenters. The number of benzene rings is 1. The van der Waals surface area contributed by atoms with E-state index in [-0.39, 0.29) is 46.5 Å². The molecule has 2 aromatic carbocycles. The summed E-state index contributed by atoms with van der Waals surface area (Å²) >= 11 is 0. The van der Waals surface area contributed by atoms with Gasteiger partial charge in [-0.3, -0.25) is 0 Å². The molecule has 0 bridgehead atoms. The Kier molecular flexibility index (Phi) is 21.3. The van der Waals surface area contributed by atoms with Gasteiger partial charge in [0.15, 0.2) is 0 Å². The zero-order valence-electron chi connectivity index (χ0n) is 7.53. The van der Waals surface area contributed by atoms with Crippen molar-refractivity contribution >= 4 is 0 Å². The fourth-order valence-corrected chi connectivity index (χ4v) is 0.663. The standard InChI is InChI=1S/C6H5.C5H5.2ClH.Ti/c1-2-4-6-5-3-1;1-2-4-5-3-1;;;/h1-5H;1-5H;2*1H;/q2*-1;;;+4/p-2. The molecule has 0 unspecified atom stereocenters. The summed E-state index contributed by atoms with van der Waals surface area (Å²) in [6, 6.07) is 22.5. The van der Waals surface area contributed by atoms with Crippen molar-refractivity contribution in [1.29, 1.82) is 0 Å². The maximum Gasteiger partial charge on any atom is 4.00 e. The van der Waals surface area contributed by atoms with Crippen molar-refractivity contribution in [2.45, 2.75) is 0 Å². The number of rotatable bonds is 0. The molecule has 0 amide bonds. The minimum atomic E-state index is 0. The Balaban J connectivity index is -0.000000144. The van der Waals surface area contributed by atoms with Gasteiger partial charge in [-0.15, -0.1) is 0 Å². The van der Waals surface area contributed by atoms with Gasteiger partial charge in [-0.25, -0.2) is 12.1 Å². The van der Waals surface area contributed by atoms with Crippen molar-refractivity contribution in [3.05, 3.63) is 66.7 Å². The zero-order valence-corrected chi connectivity index (χ0v) is 10.6. The van der Waals surface area contributed by atoms with Crippen molar-refractivity contribution in [3.8, 4) is 0 Å². The molecule has 0 radical (unpaired) electrons. The first kappa shape index (κ1) is 19.4. The molecule has 0 aliphatic heterocycles. The molecule has 2 rings (SSSR count). The monoisotopic (exact) mass is 260 g/mol. The van der Waals surface area contributed by atoms with Gasteiger partial charge in [-0.1, -0.05) is 0 Å². The summed E-state index contributed by atoms with van der Waals surface area (Å²) in [5, 5.41) is 0.